The minimum absolute atomic E-state index is 0.0413. The third kappa shape index (κ3) is 6.26. The van der Waals surface area contributed by atoms with Crippen LogP contribution in [0.2, 0.25) is 0 Å². The molecule has 1 heterocycles. The fourth-order valence-corrected chi connectivity index (χ4v) is 4.29. The molecule has 0 radical (unpaired) electrons. The van der Waals surface area contributed by atoms with Gasteiger partial charge in [-0.3, -0.25) is 14.4 Å². The number of nitrogens with zero attached hydrogens (tertiary/aromatic N) is 3. The van der Waals surface area contributed by atoms with Crippen LogP contribution < -0.4 is 11.5 Å². The molecule has 2 aromatic carbocycles. The van der Waals surface area contributed by atoms with Crippen LogP contribution in [0.4, 0.5) is 5.69 Å². The van der Waals surface area contributed by atoms with Crippen molar-refractivity contribution in [3.63, 3.8) is 0 Å². The van der Waals surface area contributed by atoms with Gasteiger partial charge in [0.15, 0.2) is 5.96 Å². The number of benzene rings is 2. The molecule has 0 bridgehead atoms. The normalized spacial score (nSPS) is 15.7. The van der Waals surface area contributed by atoms with Crippen LogP contribution in [-0.2, 0) is 20.9 Å². The van der Waals surface area contributed by atoms with E-state index >= 15 is 0 Å². The van der Waals surface area contributed by atoms with Crippen LogP contribution in [0.25, 0.3) is 0 Å². The van der Waals surface area contributed by atoms with Gasteiger partial charge in [0.2, 0.25) is 5.91 Å². The summed E-state index contributed by atoms with van der Waals surface area (Å²) in [4.78, 5) is 45.0. The van der Waals surface area contributed by atoms with E-state index in [1.165, 1.54) is 4.90 Å². The molecule has 2 amide bonds. The minimum atomic E-state index is -1.22. The highest BCUT2D eigenvalue weighted by Crippen LogP contribution is 2.37. The first-order valence-corrected chi connectivity index (χ1v) is 11.5. The Labute approximate surface area is 204 Å². The molecule has 0 saturated heterocycles. The topological polar surface area (TPSA) is 142 Å². The van der Waals surface area contributed by atoms with E-state index in [0.29, 0.717) is 25.1 Å². The molecule has 3 rings (SSSR count). The largest absolute Gasteiger partial charge is 0.481 e. The Morgan fingerprint density at radius 2 is 1.77 bits per heavy atom. The number of hydrogen-bond donors (Lipinski definition) is 3. The van der Waals surface area contributed by atoms with Gasteiger partial charge in [0.1, 0.15) is 12.1 Å². The molecule has 184 valence electrons. The zero-order valence-corrected chi connectivity index (χ0v) is 20.0. The van der Waals surface area contributed by atoms with E-state index in [1.54, 1.807) is 17.0 Å². The highest BCUT2D eigenvalue weighted by molar-refractivity contribution is 6.02. The highest BCUT2D eigenvalue weighted by Gasteiger charge is 2.38. The Kier molecular flexibility index (Phi) is 8.25. The molecule has 0 aliphatic carbocycles. The predicted molar refractivity (Wildman–Crippen MR) is 133 cm³/mol. The van der Waals surface area contributed by atoms with E-state index in [4.69, 9.17) is 16.6 Å². The second-order valence-electron chi connectivity index (χ2n) is 8.51. The molecule has 1 unspecified atom stereocenters. The van der Waals surface area contributed by atoms with Crippen molar-refractivity contribution in [2.75, 3.05) is 6.54 Å². The Bertz CT molecular complexity index is 1140. The number of hydrogen-bond acceptors (Lipinski definition) is 4. The van der Waals surface area contributed by atoms with E-state index in [-0.39, 0.29) is 30.2 Å². The molecular weight excluding hydrogens is 446 g/mol. The van der Waals surface area contributed by atoms with E-state index < -0.39 is 18.3 Å². The number of rotatable bonds is 9. The maximum Gasteiger partial charge on any atom is 0.312 e. The third-order valence-electron chi connectivity index (χ3n) is 5.80. The minimum Gasteiger partial charge on any atom is -0.481 e. The van der Waals surface area contributed by atoms with Gasteiger partial charge in [0.25, 0.3) is 5.91 Å². The first-order valence-electron chi connectivity index (χ1n) is 11.5. The predicted octanol–water partition coefficient (Wildman–Crippen LogP) is 3.05. The van der Waals surface area contributed by atoms with Crippen molar-refractivity contribution >= 4 is 29.4 Å². The number of carboxylic acids is 1. The van der Waals surface area contributed by atoms with E-state index in [1.807, 2.05) is 56.3 Å². The first-order chi connectivity index (χ1) is 16.7. The Hall–Kier alpha value is -4.14. The van der Waals surface area contributed by atoms with Crippen molar-refractivity contribution in [2.45, 2.75) is 45.7 Å². The maximum absolute atomic E-state index is 13.9. The SMILES string of the molecule is CCCN(C(=O)CC(=O)O)C1=C(C)CC(c2ccccc2)N(Cc2ccc(N=C(N)N)cc2)C1=O. The molecule has 9 nitrogen and oxygen atoms in total. The third-order valence-corrected chi connectivity index (χ3v) is 5.80. The Morgan fingerprint density at radius 1 is 1.11 bits per heavy atom. The molecule has 0 saturated carbocycles. The molecule has 35 heavy (non-hydrogen) atoms. The van der Waals surface area contributed by atoms with E-state index in [9.17, 15) is 14.4 Å². The lowest BCUT2D eigenvalue weighted by Gasteiger charge is -2.40. The molecule has 0 fully saturated rings. The number of amides is 2. The van der Waals surface area contributed by atoms with E-state index in [2.05, 4.69) is 4.99 Å². The number of guanidine groups is 1. The lowest BCUT2D eigenvalue weighted by Crippen LogP contribution is -2.46. The van der Waals surface area contributed by atoms with Gasteiger partial charge >= 0.3 is 5.97 Å². The average Bonchev–Trinajstić information content (AvgIpc) is 2.81. The summed E-state index contributed by atoms with van der Waals surface area (Å²) in [7, 11) is 0. The van der Waals surface area contributed by atoms with Crippen LogP contribution >= 0.6 is 0 Å². The van der Waals surface area contributed by atoms with E-state index in [0.717, 1.165) is 16.7 Å². The summed E-state index contributed by atoms with van der Waals surface area (Å²) in [5.41, 5.74) is 14.4. The summed E-state index contributed by atoms with van der Waals surface area (Å²) in [5.74, 6) is -2.16. The molecule has 0 spiro atoms. The van der Waals surface area contributed by atoms with Gasteiger partial charge in [-0.05, 0) is 48.6 Å². The summed E-state index contributed by atoms with van der Waals surface area (Å²) >= 11 is 0. The molecule has 1 aliphatic rings. The smallest absolute Gasteiger partial charge is 0.312 e. The van der Waals surface area contributed by atoms with Crippen LogP contribution in [0.5, 0.6) is 0 Å². The van der Waals surface area contributed by atoms with Crippen LogP contribution in [0.15, 0.2) is 70.9 Å². The Balaban J connectivity index is 2.01. The van der Waals surface area contributed by atoms with Gasteiger partial charge in [0, 0.05) is 13.1 Å². The van der Waals surface area contributed by atoms with Crippen LogP contribution in [0, 0.1) is 0 Å². The zero-order valence-electron chi connectivity index (χ0n) is 20.0. The lowest BCUT2D eigenvalue weighted by molar-refractivity contribution is -0.146. The Morgan fingerprint density at radius 3 is 2.34 bits per heavy atom. The second-order valence-corrected chi connectivity index (χ2v) is 8.51. The first kappa shape index (κ1) is 25.5. The molecule has 2 aromatic rings. The maximum atomic E-state index is 13.9. The van der Waals surface area contributed by atoms with Crippen molar-refractivity contribution < 1.29 is 19.5 Å². The van der Waals surface area contributed by atoms with Crippen LogP contribution in [0.3, 0.4) is 0 Å². The van der Waals surface area contributed by atoms with Gasteiger partial charge in [-0.15, -0.1) is 0 Å². The summed E-state index contributed by atoms with van der Waals surface area (Å²) in [6, 6.07) is 16.7. The summed E-state index contributed by atoms with van der Waals surface area (Å²) in [6.45, 7) is 4.28. The molecule has 9 heteroatoms. The molecule has 1 aliphatic heterocycles. The van der Waals surface area contributed by atoms with Crippen molar-refractivity contribution in [2.24, 2.45) is 16.5 Å². The van der Waals surface area contributed by atoms with Crippen molar-refractivity contribution in [1.82, 2.24) is 9.80 Å². The average molecular weight is 478 g/mol. The van der Waals surface area contributed by atoms with Crippen molar-refractivity contribution in [1.29, 1.82) is 0 Å². The van der Waals surface area contributed by atoms with Gasteiger partial charge in [-0.2, -0.15) is 0 Å². The number of aliphatic imine (C=N–C) groups is 1. The standard InChI is InChI=1S/C26H31N5O4/c1-3-13-30(22(32)15-23(33)34)24-17(2)14-21(19-7-5-4-6-8-19)31(25(24)35)16-18-9-11-20(12-10-18)29-26(27)28/h4-12,21H,3,13-16H2,1-2H3,(H,33,34)(H4,27,28,29). The lowest BCUT2D eigenvalue weighted by atomic mass is 9.91. The number of aliphatic carboxylic acids is 1. The molecular formula is C26H31N5O4. The molecule has 1 atom stereocenters. The number of carbonyl (C=O) groups is 3. The van der Waals surface area contributed by atoms with Crippen molar-refractivity contribution in [3.05, 3.63) is 77.0 Å². The molecule has 0 aromatic heterocycles. The quantitative estimate of drug-likeness (QED) is 0.288. The van der Waals surface area contributed by atoms with Gasteiger partial charge < -0.3 is 26.4 Å². The number of nitrogens with two attached hydrogens (primary N) is 2. The van der Waals surface area contributed by atoms with Gasteiger partial charge in [-0.25, -0.2) is 4.99 Å². The summed E-state index contributed by atoms with van der Waals surface area (Å²) < 4.78 is 0. The summed E-state index contributed by atoms with van der Waals surface area (Å²) in [5, 5.41) is 9.16. The summed E-state index contributed by atoms with van der Waals surface area (Å²) in [6.07, 6.45) is 0.444. The van der Waals surface area contributed by atoms with Gasteiger partial charge in [-0.1, -0.05) is 49.4 Å². The zero-order chi connectivity index (χ0) is 25.5. The van der Waals surface area contributed by atoms with Crippen LogP contribution in [0.1, 0.15) is 50.3 Å². The number of carbonyl (C=O) groups excluding carboxylic acids is 2. The van der Waals surface area contributed by atoms with Crippen LogP contribution in [-0.4, -0.2) is 45.2 Å². The monoisotopic (exact) mass is 477 g/mol. The second kappa shape index (κ2) is 11.3. The highest BCUT2D eigenvalue weighted by atomic mass is 16.4. The van der Waals surface area contributed by atoms with Gasteiger partial charge in [0.05, 0.1) is 11.7 Å². The fraction of sp³-hybridized carbons (Fsp3) is 0.308. The molecule has 5 N–H and O–H groups in total. The number of carboxylic acid groups (broad SMARTS) is 1. The fourth-order valence-electron chi connectivity index (χ4n) is 4.29. The van der Waals surface area contributed by atoms with Crippen molar-refractivity contribution in [3.8, 4) is 0 Å².